The van der Waals surface area contributed by atoms with Crippen LogP contribution in [0.1, 0.15) is 6.92 Å². The largest absolute Gasteiger partial charge is 0.481 e. The normalized spacial score (nSPS) is 19.7. The maximum atomic E-state index is 12.6. The molecule has 0 bridgehead atoms. The molecule has 0 aliphatic carbocycles. The van der Waals surface area contributed by atoms with Crippen molar-refractivity contribution >= 4 is 38.7 Å². The van der Waals surface area contributed by atoms with Crippen molar-refractivity contribution in [3.8, 4) is 0 Å². The Balaban J connectivity index is 1.83. The summed E-state index contributed by atoms with van der Waals surface area (Å²) < 4.78 is 34.5. The van der Waals surface area contributed by atoms with Crippen LogP contribution in [0, 0.1) is 11.8 Å². The van der Waals surface area contributed by atoms with Gasteiger partial charge < -0.3 is 5.11 Å². The highest BCUT2D eigenvalue weighted by Crippen LogP contribution is 2.40. The number of aliphatic carboxylic acids is 1. The summed E-state index contributed by atoms with van der Waals surface area (Å²) in [6.45, 7) is 2.05. The molecule has 1 atom stereocenters. The lowest BCUT2D eigenvalue weighted by Crippen LogP contribution is -2.53. The molecule has 1 aromatic carbocycles. The first-order chi connectivity index (χ1) is 9.91. The summed E-state index contributed by atoms with van der Waals surface area (Å²) in [5.41, 5.74) is 0.925. The van der Waals surface area contributed by atoms with Crippen molar-refractivity contribution in [1.82, 2.24) is 4.31 Å². The van der Waals surface area contributed by atoms with Crippen LogP contribution in [0.2, 0.25) is 0 Å². The Morgan fingerprint density at radius 2 is 2.14 bits per heavy atom. The highest BCUT2D eigenvalue weighted by molar-refractivity contribution is 7.89. The van der Waals surface area contributed by atoms with Crippen LogP contribution in [0.25, 0.3) is 0 Å². The average molecular weight is 327 g/mol. The van der Waals surface area contributed by atoms with E-state index in [1.54, 1.807) is 19.1 Å². The third-order valence-electron chi connectivity index (χ3n) is 3.84. The highest BCUT2D eigenvalue weighted by Gasteiger charge is 2.42. The van der Waals surface area contributed by atoms with Gasteiger partial charge in [-0.3, -0.25) is 4.79 Å². The molecule has 3 rings (SSSR count). The summed E-state index contributed by atoms with van der Waals surface area (Å²) in [5, 5.41) is 8.95. The first kappa shape index (κ1) is 14.4. The van der Waals surface area contributed by atoms with Crippen LogP contribution in [-0.4, -0.2) is 36.9 Å². The lowest BCUT2D eigenvalue weighted by Gasteiger charge is -2.40. The van der Waals surface area contributed by atoms with Crippen LogP contribution in [-0.2, 0) is 26.2 Å². The molecule has 0 radical (unpaired) electrons. The predicted molar refractivity (Wildman–Crippen MR) is 77.0 cm³/mol. The van der Waals surface area contributed by atoms with Crippen molar-refractivity contribution in [3.63, 3.8) is 0 Å². The summed E-state index contributed by atoms with van der Waals surface area (Å²) in [6, 6.07) is 4.85. The predicted octanol–water partition coefficient (Wildman–Crippen LogP) is 1.75. The van der Waals surface area contributed by atoms with Gasteiger partial charge in [-0.15, -0.1) is 0 Å². The Kier molecular flexibility index (Phi) is 3.42. The fourth-order valence-corrected chi connectivity index (χ4v) is 4.62. The van der Waals surface area contributed by atoms with Gasteiger partial charge in [0.05, 0.1) is 17.3 Å². The second kappa shape index (κ2) is 5.00. The van der Waals surface area contributed by atoms with Gasteiger partial charge in [0.2, 0.25) is 10.0 Å². The van der Waals surface area contributed by atoms with Crippen molar-refractivity contribution in [2.24, 2.45) is 20.6 Å². The molecule has 2 aliphatic heterocycles. The zero-order chi connectivity index (χ0) is 15.2. The van der Waals surface area contributed by atoms with E-state index < -0.39 is 21.9 Å². The molecule has 2 aliphatic rings. The minimum absolute atomic E-state index is 0.134. The molecule has 0 aromatic heterocycles. The second-order valence-electron chi connectivity index (χ2n) is 5.10. The van der Waals surface area contributed by atoms with E-state index in [1.165, 1.54) is 10.4 Å². The lowest BCUT2D eigenvalue weighted by molar-refractivity contribution is -0.144. The van der Waals surface area contributed by atoms with Crippen molar-refractivity contribution in [2.45, 2.75) is 11.8 Å². The molecule has 0 amide bonds. The van der Waals surface area contributed by atoms with Crippen LogP contribution >= 0.6 is 0 Å². The smallest absolute Gasteiger partial charge is 0.306 e. The molecular formula is C12H13N3O4S2. The zero-order valence-corrected chi connectivity index (χ0v) is 12.8. The maximum absolute atomic E-state index is 12.6. The molecule has 1 saturated heterocycles. The lowest BCUT2D eigenvalue weighted by atomic mass is 9.89. The van der Waals surface area contributed by atoms with Crippen LogP contribution in [0.5, 0.6) is 0 Å². The standard InChI is InChI=1S/C12H13N3O4S2/c1-7(12(16)17)8-5-15(6-8)21(18,19)10-4-2-3-9-11(10)14-20-13-9/h2-4,7-8H,5-6H2,1H3,(H,16,17). The molecule has 1 N–H and O–H groups in total. The minimum Gasteiger partial charge on any atom is -0.481 e. The number of hydrogen-bond acceptors (Lipinski definition) is 5. The SMILES string of the molecule is CC(C(=O)O)C1CN(S(=O)(=O)c2cccc3c2N=S=N3)C1. The van der Waals surface area contributed by atoms with Crippen LogP contribution in [0.15, 0.2) is 31.8 Å². The molecule has 1 unspecified atom stereocenters. The van der Waals surface area contributed by atoms with E-state index in [1.807, 2.05) is 0 Å². The Bertz CT molecular complexity index is 778. The summed E-state index contributed by atoms with van der Waals surface area (Å²) in [6.07, 6.45) is 0. The van der Waals surface area contributed by atoms with Crippen molar-refractivity contribution in [3.05, 3.63) is 18.2 Å². The number of hydrogen-bond donors (Lipinski definition) is 1. The number of sulfonamides is 1. The van der Waals surface area contributed by atoms with E-state index in [2.05, 4.69) is 8.73 Å². The van der Waals surface area contributed by atoms with Gasteiger partial charge in [0.1, 0.15) is 16.3 Å². The minimum atomic E-state index is -3.65. The summed E-state index contributed by atoms with van der Waals surface area (Å²) >= 11 is 0.969. The summed E-state index contributed by atoms with van der Waals surface area (Å²) in [5.74, 6) is -1.60. The van der Waals surface area contributed by atoms with E-state index in [4.69, 9.17) is 5.11 Å². The van der Waals surface area contributed by atoms with Gasteiger partial charge >= 0.3 is 5.97 Å². The first-order valence-corrected chi connectivity index (χ1v) is 8.52. The van der Waals surface area contributed by atoms with Gasteiger partial charge in [-0.2, -0.15) is 13.0 Å². The van der Waals surface area contributed by atoms with E-state index in [0.717, 1.165) is 11.4 Å². The molecule has 112 valence electrons. The van der Waals surface area contributed by atoms with Gasteiger partial charge in [0.25, 0.3) is 0 Å². The maximum Gasteiger partial charge on any atom is 0.306 e. The number of carboxylic acid groups (broad SMARTS) is 1. The van der Waals surface area contributed by atoms with Crippen LogP contribution < -0.4 is 0 Å². The number of nitrogens with zero attached hydrogens (tertiary/aromatic N) is 3. The fourth-order valence-electron chi connectivity index (χ4n) is 2.31. The zero-order valence-electron chi connectivity index (χ0n) is 11.1. The molecule has 1 aromatic rings. The average Bonchev–Trinajstić information content (AvgIpc) is 2.83. The number of benzene rings is 1. The Hall–Kier alpha value is -1.58. The third-order valence-corrected chi connectivity index (χ3v) is 6.25. The molecule has 0 saturated carbocycles. The Morgan fingerprint density at radius 3 is 2.81 bits per heavy atom. The molecule has 7 nitrogen and oxygen atoms in total. The van der Waals surface area contributed by atoms with Crippen molar-refractivity contribution in [1.29, 1.82) is 0 Å². The molecule has 1 fully saturated rings. The number of carboxylic acids is 1. The fraction of sp³-hybridized carbons (Fsp3) is 0.417. The van der Waals surface area contributed by atoms with Crippen molar-refractivity contribution < 1.29 is 18.3 Å². The summed E-state index contributed by atoms with van der Waals surface area (Å²) in [7, 11) is -3.65. The molecule has 2 heterocycles. The quantitative estimate of drug-likeness (QED) is 0.924. The first-order valence-electron chi connectivity index (χ1n) is 6.35. The van der Waals surface area contributed by atoms with Gasteiger partial charge in [-0.1, -0.05) is 13.0 Å². The third kappa shape index (κ3) is 2.30. The molecule has 0 spiro atoms. The van der Waals surface area contributed by atoms with E-state index in [9.17, 15) is 13.2 Å². The van der Waals surface area contributed by atoms with Gasteiger partial charge in [-0.25, -0.2) is 8.42 Å². The highest BCUT2D eigenvalue weighted by atomic mass is 32.2. The molecule has 9 heteroatoms. The Labute approximate surface area is 125 Å². The Morgan fingerprint density at radius 1 is 1.43 bits per heavy atom. The molecule has 21 heavy (non-hydrogen) atoms. The summed E-state index contributed by atoms with van der Waals surface area (Å²) in [4.78, 5) is 11.0. The van der Waals surface area contributed by atoms with E-state index in [-0.39, 0.29) is 23.9 Å². The molecular weight excluding hydrogens is 314 g/mol. The number of rotatable bonds is 4. The van der Waals surface area contributed by atoms with Crippen LogP contribution in [0.4, 0.5) is 11.4 Å². The van der Waals surface area contributed by atoms with Crippen molar-refractivity contribution in [2.75, 3.05) is 13.1 Å². The van der Waals surface area contributed by atoms with Gasteiger partial charge in [-0.05, 0) is 18.1 Å². The van der Waals surface area contributed by atoms with E-state index in [0.29, 0.717) is 11.4 Å². The number of fused-ring (bicyclic) bond motifs is 1. The van der Waals surface area contributed by atoms with Gasteiger partial charge in [0.15, 0.2) is 0 Å². The topological polar surface area (TPSA) is 99.4 Å². The second-order valence-corrected chi connectivity index (χ2v) is 7.53. The van der Waals surface area contributed by atoms with Gasteiger partial charge in [0, 0.05) is 13.1 Å². The van der Waals surface area contributed by atoms with E-state index >= 15 is 0 Å². The van der Waals surface area contributed by atoms with Crippen LogP contribution in [0.3, 0.4) is 0 Å². The number of carbonyl (C=O) groups is 1. The monoisotopic (exact) mass is 327 g/mol.